The molecule has 0 saturated heterocycles. The van der Waals surface area contributed by atoms with Crippen LogP contribution in [-0.4, -0.2) is 43.1 Å². The van der Waals surface area contributed by atoms with Gasteiger partial charge in [0.1, 0.15) is 5.75 Å². The molecule has 0 fully saturated rings. The Balaban J connectivity index is 1.72. The van der Waals surface area contributed by atoms with Gasteiger partial charge in [-0.1, -0.05) is 0 Å². The van der Waals surface area contributed by atoms with Crippen molar-refractivity contribution in [1.29, 1.82) is 0 Å². The van der Waals surface area contributed by atoms with Crippen molar-refractivity contribution in [2.45, 2.75) is 33.1 Å². The minimum atomic E-state index is -0.0347. The molecule has 1 amide bonds. The normalized spacial score (nSPS) is 15.8. The number of amides is 1. The number of hydrogen-bond acceptors (Lipinski definition) is 5. The van der Waals surface area contributed by atoms with Gasteiger partial charge in [-0.25, -0.2) is 9.97 Å². The largest absolute Gasteiger partial charge is 0.497 e. The molecule has 0 N–H and O–H groups in total. The van der Waals surface area contributed by atoms with E-state index in [9.17, 15) is 4.79 Å². The number of rotatable bonds is 6. The van der Waals surface area contributed by atoms with E-state index >= 15 is 0 Å². The number of carbonyl (C=O) groups excluding carboxylic acids is 1. The van der Waals surface area contributed by atoms with Gasteiger partial charge in [0.05, 0.1) is 7.11 Å². The van der Waals surface area contributed by atoms with Crippen LogP contribution in [-0.2, 0) is 17.6 Å². The summed E-state index contributed by atoms with van der Waals surface area (Å²) < 4.78 is 5.19. The minimum Gasteiger partial charge on any atom is -0.497 e. The molecule has 1 aromatic carbocycles. The number of anilines is 2. The Hall–Kier alpha value is -2.63. The van der Waals surface area contributed by atoms with E-state index in [1.807, 2.05) is 37.5 Å². The van der Waals surface area contributed by atoms with Gasteiger partial charge in [0, 0.05) is 43.6 Å². The Morgan fingerprint density at radius 2 is 1.93 bits per heavy atom. The molecule has 1 atom stereocenters. The highest BCUT2D eigenvalue weighted by molar-refractivity contribution is 5.94. The van der Waals surface area contributed by atoms with E-state index in [0.717, 1.165) is 54.6 Å². The average molecular weight is 368 g/mol. The lowest BCUT2D eigenvalue weighted by molar-refractivity contribution is -0.122. The van der Waals surface area contributed by atoms with Gasteiger partial charge in [-0.3, -0.25) is 4.79 Å². The van der Waals surface area contributed by atoms with E-state index in [1.54, 1.807) is 12.0 Å². The molecule has 27 heavy (non-hydrogen) atoms. The van der Waals surface area contributed by atoms with Crippen molar-refractivity contribution < 1.29 is 9.53 Å². The number of hydrogen-bond donors (Lipinski definition) is 0. The van der Waals surface area contributed by atoms with Crippen LogP contribution in [0, 0.1) is 5.92 Å². The fourth-order valence-electron chi connectivity index (χ4n) is 3.57. The smallest absolute Gasteiger partial charge is 0.230 e. The number of aryl methyl sites for hydroxylation is 1. The van der Waals surface area contributed by atoms with Gasteiger partial charge in [-0.2, -0.15) is 0 Å². The van der Waals surface area contributed by atoms with Crippen LogP contribution in [0.25, 0.3) is 0 Å². The number of benzene rings is 1. The van der Waals surface area contributed by atoms with Crippen molar-refractivity contribution in [1.82, 2.24) is 9.97 Å². The zero-order chi connectivity index (χ0) is 19.4. The summed E-state index contributed by atoms with van der Waals surface area (Å²) in [5.41, 5.74) is 3.06. The van der Waals surface area contributed by atoms with Gasteiger partial charge >= 0.3 is 0 Å². The lowest BCUT2D eigenvalue weighted by Gasteiger charge is -2.28. The summed E-state index contributed by atoms with van der Waals surface area (Å²) in [4.78, 5) is 26.1. The van der Waals surface area contributed by atoms with Crippen LogP contribution in [0.5, 0.6) is 5.75 Å². The maximum atomic E-state index is 13.0. The average Bonchev–Trinajstić information content (AvgIpc) is 2.73. The summed E-state index contributed by atoms with van der Waals surface area (Å²) in [5.74, 6) is 1.68. The first-order valence-electron chi connectivity index (χ1n) is 9.58. The third-order valence-corrected chi connectivity index (χ3v) is 5.32. The molecule has 1 aliphatic carbocycles. The third kappa shape index (κ3) is 4.04. The van der Waals surface area contributed by atoms with Crippen LogP contribution in [0.2, 0.25) is 0 Å². The van der Waals surface area contributed by atoms with E-state index in [0.29, 0.717) is 6.42 Å². The van der Waals surface area contributed by atoms with E-state index < -0.39 is 0 Å². The maximum Gasteiger partial charge on any atom is 0.230 e. The molecule has 1 heterocycles. The minimum absolute atomic E-state index is 0.0347. The van der Waals surface area contributed by atoms with Crippen LogP contribution in [0.3, 0.4) is 0 Å². The summed E-state index contributed by atoms with van der Waals surface area (Å²) >= 11 is 0. The summed E-state index contributed by atoms with van der Waals surface area (Å²) in [6, 6.07) is 7.57. The zero-order valence-electron chi connectivity index (χ0n) is 16.6. The lowest BCUT2D eigenvalue weighted by Crippen LogP contribution is -2.36. The number of nitrogens with zero attached hydrogens (tertiary/aromatic N) is 4. The van der Waals surface area contributed by atoms with Crippen LogP contribution in [0.15, 0.2) is 30.5 Å². The van der Waals surface area contributed by atoms with Crippen molar-refractivity contribution in [3.8, 4) is 5.75 Å². The standard InChI is InChI=1S/C21H28N4O2/c1-5-25(6-2)21-22-14-16-13-15(7-12-19(16)23-21)20(26)24(3)17-8-10-18(27-4)11-9-17/h8-11,14-15H,5-7,12-13H2,1-4H3/t15-/m1/s1. The van der Waals surface area contributed by atoms with E-state index in [-0.39, 0.29) is 11.8 Å². The Bertz CT molecular complexity index is 787. The summed E-state index contributed by atoms with van der Waals surface area (Å²) in [6.45, 7) is 6.00. The molecule has 0 aliphatic heterocycles. The highest BCUT2D eigenvalue weighted by Crippen LogP contribution is 2.28. The quantitative estimate of drug-likeness (QED) is 0.784. The second-order valence-corrected chi connectivity index (χ2v) is 6.85. The van der Waals surface area contributed by atoms with Gasteiger partial charge in [0.2, 0.25) is 11.9 Å². The van der Waals surface area contributed by atoms with E-state index in [4.69, 9.17) is 9.72 Å². The number of methoxy groups -OCH3 is 1. The molecule has 0 bridgehead atoms. The highest BCUT2D eigenvalue weighted by Gasteiger charge is 2.29. The van der Waals surface area contributed by atoms with Gasteiger partial charge in [-0.15, -0.1) is 0 Å². The molecular weight excluding hydrogens is 340 g/mol. The first kappa shape index (κ1) is 19.1. The molecule has 144 valence electrons. The fraction of sp³-hybridized carbons (Fsp3) is 0.476. The van der Waals surface area contributed by atoms with Crippen LogP contribution >= 0.6 is 0 Å². The monoisotopic (exact) mass is 368 g/mol. The summed E-state index contributed by atoms with van der Waals surface area (Å²) in [7, 11) is 3.47. The zero-order valence-corrected chi connectivity index (χ0v) is 16.6. The molecule has 2 aromatic rings. The number of aromatic nitrogens is 2. The second-order valence-electron chi connectivity index (χ2n) is 6.85. The first-order chi connectivity index (χ1) is 13.1. The van der Waals surface area contributed by atoms with Crippen LogP contribution in [0.4, 0.5) is 11.6 Å². The van der Waals surface area contributed by atoms with Crippen molar-refractivity contribution in [2.24, 2.45) is 5.92 Å². The molecule has 0 radical (unpaired) electrons. The Labute approximate surface area is 161 Å². The predicted molar refractivity (Wildman–Crippen MR) is 108 cm³/mol. The molecule has 1 aliphatic rings. The topological polar surface area (TPSA) is 58.6 Å². The summed E-state index contributed by atoms with van der Waals surface area (Å²) in [5, 5.41) is 0. The predicted octanol–water partition coefficient (Wildman–Crippen LogP) is 3.10. The second kappa shape index (κ2) is 8.37. The SMILES string of the molecule is CCN(CC)c1ncc2c(n1)CC[C@@H](C(=O)N(C)c1ccc(OC)cc1)C2. The molecule has 3 rings (SSSR count). The molecule has 1 aromatic heterocycles. The van der Waals surface area contributed by atoms with Crippen molar-refractivity contribution >= 4 is 17.5 Å². The number of carbonyl (C=O) groups is 1. The number of ether oxygens (including phenoxy) is 1. The molecule has 6 nitrogen and oxygen atoms in total. The van der Waals surface area contributed by atoms with Crippen molar-refractivity contribution in [3.05, 3.63) is 41.7 Å². The molecule has 0 saturated carbocycles. The van der Waals surface area contributed by atoms with Gasteiger partial charge in [-0.05, 0) is 62.9 Å². The maximum absolute atomic E-state index is 13.0. The van der Waals surface area contributed by atoms with Gasteiger partial charge < -0.3 is 14.5 Å². The lowest BCUT2D eigenvalue weighted by atomic mass is 9.86. The number of fused-ring (bicyclic) bond motifs is 1. The Morgan fingerprint density at radius 1 is 1.22 bits per heavy atom. The molecule has 0 spiro atoms. The summed E-state index contributed by atoms with van der Waals surface area (Å²) in [6.07, 6.45) is 4.25. The van der Waals surface area contributed by atoms with Gasteiger partial charge in [0.15, 0.2) is 0 Å². The molecular formula is C21H28N4O2. The highest BCUT2D eigenvalue weighted by atomic mass is 16.5. The van der Waals surface area contributed by atoms with E-state index in [1.165, 1.54) is 0 Å². The van der Waals surface area contributed by atoms with Crippen LogP contribution < -0.4 is 14.5 Å². The van der Waals surface area contributed by atoms with Crippen LogP contribution in [0.1, 0.15) is 31.5 Å². The van der Waals surface area contributed by atoms with Gasteiger partial charge in [0.25, 0.3) is 0 Å². The van der Waals surface area contributed by atoms with Crippen molar-refractivity contribution in [2.75, 3.05) is 37.0 Å². The van der Waals surface area contributed by atoms with Crippen molar-refractivity contribution in [3.63, 3.8) is 0 Å². The van der Waals surface area contributed by atoms with E-state index in [2.05, 4.69) is 23.7 Å². The fourth-order valence-corrected chi connectivity index (χ4v) is 3.57. The molecule has 6 heteroatoms. The third-order valence-electron chi connectivity index (χ3n) is 5.32. The Morgan fingerprint density at radius 3 is 2.56 bits per heavy atom. The molecule has 0 unspecified atom stereocenters. The first-order valence-corrected chi connectivity index (χ1v) is 9.58. The Kier molecular flexibility index (Phi) is 5.94.